The van der Waals surface area contributed by atoms with Gasteiger partial charge in [-0.05, 0) is 42.3 Å². The lowest BCUT2D eigenvalue weighted by Crippen LogP contribution is -2.45. The third-order valence-electron chi connectivity index (χ3n) is 5.59. The number of hydrogen-bond acceptors (Lipinski definition) is 3. The minimum atomic E-state index is -0.320. The van der Waals surface area contributed by atoms with E-state index < -0.39 is 0 Å². The van der Waals surface area contributed by atoms with Crippen LogP contribution < -0.4 is 10.2 Å². The number of anilines is 2. The van der Waals surface area contributed by atoms with Crippen LogP contribution in [0, 0.1) is 0 Å². The second kappa shape index (κ2) is 9.06. The molecule has 162 valence electrons. The molecular weight excluding hydrogens is 402 g/mol. The fourth-order valence-corrected chi connectivity index (χ4v) is 3.97. The molecule has 32 heavy (non-hydrogen) atoms. The van der Waals surface area contributed by atoms with Crippen LogP contribution in [0.3, 0.4) is 0 Å². The van der Waals surface area contributed by atoms with Crippen molar-refractivity contribution in [2.45, 2.75) is 19.4 Å². The van der Waals surface area contributed by atoms with E-state index in [2.05, 4.69) is 5.32 Å². The molecule has 3 amide bonds. The normalized spacial score (nSPS) is 15.4. The Balaban J connectivity index is 1.50. The molecule has 1 unspecified atom stereocenters. The molecule has 1 aliphatic heterocycles. The van der Waals surface area contributed by atoms with Crippen LogP contribution in [0.4, 0.5) is 11.4 Å². The first-order chi connectivity index (χ1) is 15.4. The van der Waals surface area contributed by atoms with Crippen LogP contribution in [-0.2, 0) is 9.59 Å². The van der Waals surface area contributed by atoms with Gasteiger partial charge in [-0.2, -0.15) is 0 Å². The fraction of sp³-hybridized carbons (Fsp3) is 0.192. The van der Waals surface area contributed by atoms with Gasteiger partial charge in [-0.15, -0.1) is 0 Å². The third kappa shape index (κ3) is 4.39. The van der Waals surface area contributed by atoms with Crippen molar-refractivity contribution in [2.75, 3.05) is 23.8 Å². The topological polar surface area (TPSA) is 69.7 Å². The summed E-state index contributed by atoms with van der Waals surface area (Å²) in [5.41, 5.74) is 3.85. The molecule has 0 radical (unpaired) electrons. The highest BCUT2D eigenvalue weighted by atomic mass is 16.2. The first-order valence-corrected chi connectivity index (χ1v) is 10.6. The summed E-state index contributed by atoms with van der Waals surface area (Å²) in [6.45, 7) is 1.75. The van der Waals surface area contributed by atoms with Crippen LogP contribution in [0.1, 0.15) is 23.7 Å². The van der Waals surface area contributed by atoms with Gasteiger partial charge in [-0.1, -0.05) is 54.6 Å². The highest BCUT2D eigenvalue weighted by Gasteiger charge is 2.30. The standard InChI is InChI=1S/C26H25N3O3/c1-18-16-24(30)27-22-10-6-7-11-23(22)29(18)25(31)17-28(2)26(32)21-14-12-20(13-15-21)19-8-4-3-5-9-19/h3-15,18H,16-17H2,1-2H3,(H,27,30). The lowest BCUT2D eigenvalue weighted by Gasteiger charge is -2.29. The van der Waals surface area contributed by atoms with E-state index in [-0.39, 0.29) is 36.7 Å². The molecule has 0 saturated carbocycles. The van der Waals surface area contributed by atoms with Gasteiger partial charge in [0.2, 0.25) is 11.8 Å². The summed E-state index contributed by atoms with van der Waals surface area (Å²) in [4.78, 5) is 41.3. The number of nitrogens with one attached hydrogen (secondary N) is 1. The maximum Gasteiger partial charge on any atom is 0.254 e. The van der Waals surface area contributed by atoms with E-state index in [0.29, 0.717) is 16.9 Å². The lowest BCUT2D eigenvalue weighted by atomic mass is 10.0. The Morgan fingerprint density at radius 2 is 1.56 bits per heavy atom. The minimum Gasteiger partial charge on any atom is -0.332 e. The van der Waals surface area contributed by atoms with Crippen LogP contribution >= 0.6 is 0 Å². The van der Waals surface area contributed by atoms with E-state index in [4.69, 9.17) is 0 Å². The molecule has 0 aromatic heterocycles. The smallest absolute Gasteiger partial charge is 0.254 e. The quantitative estimate of drug-likeness (QED) is 0.679. The van der Waals surface area contributed by atoms with Crippen LogP contribution in [0.5, 0.6) is 0 Å². The summed E-state index contributed by atoms with van der Waals surface area (Å²) < 4.78 is 0. The van der Waals surface area contributed by atoms with Crippen molar-refractivity contribution in [2.24, 2.45) is 0 Å². The van der Waals surface area contributed by atoms with Gasteiger partial charge >= 0.3 is 0 Å². The summed E-state index contributed by atoms with van der Waals surface area (Å²) in [6.07, 6.45) is 0.193. The van der Waals surface area contributed by atoms with E-state index >= 15 is 0 Å². The Hall–Kier alpha value is -3.93. The molecule has 0 spiro atoms. The van der Waals surface area contributed by atoms with Crippen LogP contribution in [0.15, 0.2) is 78.9 Å². The molecule has 1 aliphatic rings. The second-order valence-electron chi connectivity index (χ2n) is 7.99. The SMILES string of the molecule is CC1CC(=O)Nc2ccccc2N1C(=O)CN(C)C(=O)c1ccc(-c2ccccc2)cc1. The number of hydrogen-bond donors (Lipinski definition) is 1. The van der Waals surface area contributed by atoms with Gasteiger partial charge in [0.1, 0.15) is 6.54 Å². The Bertz CT molecular complexity index is 1140. The third-order valence-corrected chi connectivity index (χ3v) is 5.59. The Morgan fingerprint density at radius 1 is 0.938 bits per heavy atom. The number of likely N-dealkylation sites (N-methyl/N-ethyl adjacent to an activating group) is 1. The number of nitrogens with zero attached hydrogens (tertiary/aromatic N) is 2. The van der Waals surface area contributed by atoms with Crippen LogP contribution in [0.2, 0.25) is 0 Å². The number of rotatable bonds is 4. The molecule has 0 bridgehead atoms. The zero-order valence-electron chi connectivity index (χ0n) is 18.1. The second-order valence-corrected chi connectivity index (χ2v) is 7.99. The van der Waals surface area contributed by atoms with Gasteiger partial charge in [-0.25, -0.2) is 0 Å². The summed E-state index contributed by atoms with van der Waals surface area (Å²) in [5.74, 6) is -0.607. The summed E-state index contributed by atoms with van der Waals surface area (Å²) in [6, 6.07) is 24.2. The first kappa shape index (κ1) is 21.3. The number of carbonyl (C=O) groups is 3. The highest BCUT2D eigenvalue weighted by Crippen LogP contribution is 2.31. The molecule has 0 aliphatic carbocycles. The van der Waals surface area contributed by atoms with Crippen molar-refractivity contribution < 1.29 is 14.4 Å². The van der Waals surface area contributed by atoms with Gasteiger partial charge in [0.05, 0.1) is 11.4 Å². The zero-order chi connectivity index (χ0) is 22.7. The molecule has 3 aromatic rings. The number of carbonyl (C=O) groups excluding carboxylic acids is 3. The molecular formula is C26H25N3O3. The summed E-state index contributed by atoms with van der Waals surface area (Å²) >= 11 is 0. The number of para-hydroxylation sites is 2. The van der Waals surface area contributed by atoms with Crippen molar-refractivity contribution in [3.63, 3.8) is 0 Å². The number of amides is 3. The van der Waals surface area contributed by atoms with E-state index in [0.717, 1.165) is 11.1 Å². The molecule has 6 nitrogen and oxygen atoms in total. The first-order valence-electron chi connectivity index (χ1n) is 10.6. The van der Waals surface area contributed by atoms with E-state index in [9.17, 15) is 14.4 Å². The molecule has 1 N–H and O–H groups in total. The van der Waals surface area contributed by atoms with Gasteiger partial charge < -0.3 is 15.1 Å². The van der Waals surface area contributed by atoms with Crippen molar-refractivity contribution in [3.8, 4) is 11.1 Å². The predicted octanol–water partition coefficient (Wildman–Crippen LogP) is 4.19. The van der Waals surface area contributed by atoms with Crippen LogP contribution in [0.25, 0.3) is 11.1 Å². The minimum absolute atomic E-state index is 0.0911. The zero-order valence-corrected chi connectivity index (χ0v) is 18.1. The van der Waals surface area contributed by atoms with Gasteiger partial charge in [0.25, 0.3) is 5.91 Å². The summed E-state index contributed by atoms with van der Waals surface area (Å²) in [7, 11) is 1.61. The van der Waals surface area contributed by atoms with Gasteiger partial charge in [0, 0.05) is 25.1 Å². The van der Waals surface area contributed by atoms with Crippen molar-refractivity contribution >= 4 is 29.1 Å². The Kier molecular flexibility index (Phi) is 6.03. The van der Waals surface area contributed by atoms with E-state index in [1.807, 2.05) is 61.5 Å². The van der Waals surface area contributed by atoms with Crippen LogP contribution in [-0.4, -0.2) is 42.3 Å². The lowest BCUT2D eigenvalue weighted by molar-refractivity contribution is -0.119. The van der Waals surface area contributed by atoms with Gasteiger partial charge in [0.15, 0.2) is 0 Å². The maximum atomic E-state index is 13.2. The van der Waals surface area contributed by atoms with E-state index in [1.165, 1.54) is 4.90 Å². The average molecular weight is 428 g/mol. The van der Waals surface area contributed by atoms with Crippen molar-refractivity contribution in [1.82, 2.24) is 4.90 Å². The van der Waals surface area contributed by atoms with Crippen molar-refractivity contribution in [1.29, 1.82) is 0 Å². The van der Waals surface area contributed by atoms with Gasteiger partial charge in [-0.3, -0.25) is 14.4 Å². The largest absolute Gasteiger partial charge is 0.332 e. The number of fused-ring (bicyclic) bond motifs is 1. The Labute approximate surface area is 187 Å². The number of benzene rings is 3. The predicted molar refractivity (Wildman–Crippen MR) is 125 cm³/mol. The molecule has 3 aromatic carbocycles. The summed E-state index contributed by atoms with van der Waals surface area (Å²) in [5, 5.41) is 2.84. The highest BCUT2D eigenvalue weighted by molar-refractivity contribution is 6.06. The average Bonchev–Trinajstić information content (AvgIpc) is 2.93. The maximum absolute atomic E-state index is 13.2. The molecule has 0 saturated heterocycles. The molecule has 4 rings (SSSR count). The Morgan fingerprint density at radius 3 is 2.28 bits per heavy atom. The fourth-order valence-electron chi connectivity index (χ4n) is 3.97. The molecule has 6 heteroatoms. The molecule has 0 fully saturated rings. The van der Waals surface area contributed by atoms with Crippen molar-refractivity contribution in [3.05, 3.63) is 84.4 Å². The molecule has 1 atom stereocenters. The van der Waals surface area contributed by atoms with E-state index in [1.54, 1.807) is 36.2 Å². The monoisotopic (exact) mass is 427 g/mol. The molecule has 1 heterocycles.